The molecule has 0 aromatic carbocycles. The summed E-state index contributed by atoms with van der Waals surface area (Å²) in [5.41, 5.74) is 0. The van der Waals surface area contributed by atoms with Crippen molar-refractivity contribution in [3.8, 4) is 0 Å². The van der Waals surface area contributed by atoms with E-state index >= 15 is 0 Å². The van der Waals surface area contributed by atoms with Crippen molar-refractivity contribution in [2.75, 3.05) is 26.2 Å². The second kappa shape index (κ2) is 5.66. The Morgan fingerprint density at radius 3 is 2.58 bits per heavy atom. The van der Waals surface area contributed by atoms with Gasteiger partial charge in [0.05, 0.1) is 12.0 Å². The zero-order valence-electron chi connectivity index (χ0n) is 11.0. The maximum absolute atomic E-state index is 12.7. The lowest BCUT2D eigenvalue weighted by Crippen LogP contribution is -2.60. The van der Waals surface area contributed by atoms with Gasteiger partial charge in [-0.15, -0.1) is 0 Å². The Labute approximate surface area is 110 Å². The number of hydrogen-bond donors (Lipinski definition) is 2. The van der Waals surface area contributed by atoms with Gasteiger partial charge in [-0.1, -0.05) is 0 Å². The van der Waals surface area contributed by atoms with E-state index in [1.807, 2.05) is 6.92 Å². The van der Waals surface area contributed by atoms with Gasteiger partial charge in [0.1, 0.15) is 0 Å². The molecule has 3 atom stereocenters. The zero-order valence-corrected chi connectivity index (χ0v) is 11.0. The van der Waals surface area contributed by atoms with Gasteiger partial charge in [0.25, 0.3) is 0 Å². The van der Waals surface area contributed by atoms with Gasteiger partial charge >= 0.3 is 6.18 Å². The molecule has 2 aliphatic heterocycles. The molecule has 3 unspecified atom stereocenters. The Bertz CT molecular complexity index is 327. The molecule has 2 aliphatic rings. The second-order valence-corrected chi connectivity index (χ2v) is 5.44. The molecule has 2 saturated heterocycles. The summed E-state index contributed by atoms with van der Waals surface area (Å²) < 4.78 is 38.1. The molecule has 2 fully saturated rings. The highest BCUT2D eigenvalue weighted by atomic mass is 19.4. The van der Waals surface area contributed by atoms with Crippen molar-refractivity contribution >= 4 is 5.91 Å². The average molecular weight is 279 g/mol. The fourth-order valence-corrected chi connectivity index (χ4v) is 2.62. The summed E-state index contributed by atoms with van der Waals surface area (Å²) in [5, 5.41) is 6.25. The molecule has 0 aromatic rings. The minimum Gasteiger partial charge on any atom is -0.341 e. The third kappa shape index (κ3) is 3.60. The molecule has 4 nitrogen and oxygen atoms in total. The van der Waals surface area contributed by atoms with Crippen LogP contribution in [0.25, 0.3) is 0 Å². The molecule has 2 heterocycles. The van der Waals surface area contributed by atoms with Crippen molar-refractivity contribution in [3.63, 3.8) is 0 Å². The van der Waals surface area contributed by atoms with Gasteiger partial charge in [0, 0.05) is 32.2 Å². The van der Waals surface area contributed by atoms with E-state index < -0.39 is 18.1 Å². The summed E-state index contributed by atoms with van der Waals surface area (Å²) in [5.74, 6) is -1.59. The van der Waals surface area contributed by atoms with Gasteiger partial charge in [0.15, 0.2) is 0 Å². The molecule has 2 N–H and O–H groups in total. The monoisotopic (exact) mass is 279 g/mol. The number of halogens is 3. The van der Waals surface area contributed by atoms with Crippen LogP contribution in [0, 0.1) is 5.92 Å². The predicted molar refractivity (Wildman–Crippen MR) is 64.6 cm³/mol. The molecule has 1 amide bonds. The van der Waals surface area contributed by atoms with Crippen molar-refractivity contribution in [1.29, 1.82) is 0 Å². The third-order valence-corrected chi connectivity index (χ3v) is 3.83. The number of piperazine rings is 1. The molecular formula is C12H20F3N3O. The van der Waals surface area contributed by atoms with E-state index in [-0.39, 0.29) is 24.9 Å². The quantitative estimate of drug-likeness (QED) is 0.744. The van der Waals surface area contributed by atoms with Crippen LogP contribution < -0.4 is 10.6 Å². The van der Waals surface area contributed by atoms with E-state index in [1.165, 1.54) is 4.90 Å². The summed E-state index contributed by atoms with van der Waals surface area (Å²) >= 11 is 0. The minimum atomic E-state index is -4.20. The number of alkyl halides is 3. The van der Waals surface area contributed by atoms with Crippen molar-refractivity contribution in [2.45, 2.75) is 38.0 Å². The van der Waals surface area contributed by atoms with Crippen molar-refractivity contribution < 1.29 is 18.0 Å². The van der Waals surface area contributed by atoms with Crippen LogP contribution in [0.2, 0.25) is 0 Å². The topological polar surface area (TPSA) is 44.4 Å². The first-order chi connectivity index (χ1) is 8.88. The lowest BCUT2D eigenvalue weighted by atomic mass is 9.96. The lowest BCUT2D eigenvalue weighted by Gasteiger charge is -2.37. The first kappa shape index (κ1) is 14.6. The summed E-state index contributed by atoms with van der Waals surface area (Å²) in [6.07, 6.45) is -3.65. The van der Waals surface area contributed by atoms with E-state index in [0.717, 1.165) is 0 Å². The Morgan fingerprint density at radius 1 is 1.26 bits per heavy atom. The fraction of sp³-hybridized carbons (Fsp3) is 0.917. The van der Waals surface area contributed by atoms with Crippen molar-refractivity contribution in [3.05, 3.63) is 0 Å². The van der Waals surface area contributed by atoms with Crippen LogP contribution in [0.1, 0.15) is 19.8 Å². The van der Waals surface area contributed by atoms with E-state index in [0.29, 0.717) is 26.1 Å². The number of nitrogens with zero attached hydrogens (tertiary/aromatic N) is 1. The lowest BCUT2D eigenvalue weighted by molar-refractivity contribution is -0.188. The third-order valence-electron chi connectivity index (χ3n) is 3.83. The number of carbonyl (C=O) groups excluding carboxylic acids is 1. The maximum Gasteiger partial charge on any atom is 0.393 e. The molecule has 0 aliphatic carbocycles. The Balaban J connectivity index is 1.92. The first-order valence-electron chi connectivity index (χ1n) is 6.70. The summed E-state index contributed by atoms with van der Waals surface area (Å²) in [4.78, 5) is 13.5. The van der Waals surface area contributed by atoms with Gasteiger partial charge in [-0.2, -0.15) is 13.2 Å². The van der Waals surface area contributed by atoms with Crippen molar-refractivity contribution in [1.82, 2.24) is 15.5 Å². The van der Waals surface area contributed by atoms with E-state index in [2.05, 4.69) is 10.6 Å². The van der Waals surface area contributed by atoms with Gasteiger partial charge in [0.2, 0.25) is 5.91 Å². The van der Waals surface area contributed by atoms with Crippen LogP contribution in [0.3, 0.4) is 0 Å². The molecule has 2 rings (SSSR count). The van der Waals surface area contributed by atoms with Crippen LogP contribution in [0.4, 0.5) is 13.2 Å². The summed E-state index contributed by atoms with van der Waals surface area (Å²) in [6.45, 7) is 3.36. The van der Waals surface area contributed by atoms with E-state index in [4.69, 9.17) is 0 Å². The highest BCUT2D eigenvalue weighted by molar-refractivity contribution is 5.82. The number of likely N-dealkylation sites (tertiary alicyclic amines) is 1. The highest BCUT2D eigenvalue weighted by Crippen LogP contribution is 2.33. The normalized spacial score (nSPS) is 33.3. The molecule has 19 heavy (non-hydrogen) atoms. The number of amides is 1. The molecule has 7 heteroatoms. The summed E-state index contributed by atoms with van der Waals surface area (Å²) in [6, 6.07) is -0.114. The average Bonchev–Trinajstić information content (AvgIpc) is 2.38. The Kier molecular flexibility index (Phi) is 4.35. The zero-order chi connectivity index (χ0) is 14.0. The molecule has 0 aromatic heterocycles. The molecule has 110 valence electrons. The van der Waals surface area contributed by atoms with Gasteiger partial charge in [-0.05, 0) is 19.8 Å². The second-order valence-electron chi connectivity index (χ2n) is 5.44. The number of nitrogens with one attached hydrogen (secondary N) is 2. The van der Waals surface area contributed by atoms with Crippen LogP contribution in [-0.4, -0.2) is 55.2 Å². The molecular weight excluding hydrogens is 259 g/mol. The number of piperidine rings is 1. The SMILES string of the molecule is CC1CNC(C(=O)N2CCCC(C(F)(F)F)C2)CN1. The Morgan fingerprint density at radius 2 is 2.00 bits per heavy atom. The van der Waals surface area contributed by atoms with Crippen LogP contribution in [-0.2, 0) is 4.79 Å². The standard InChI is InChI=1S/C12H20F3N3O/c1-8-5-17-10(6-16-8)11(19)18-4-2-3-9(7-18)12(13,14)15/h8-10,16-17H,2-7H2,1H3. The minimum absolute atomic E-state index is 0.126. The predicted octanol–water partition coefficient (Wildman–Crippen LogP) is 0.737. The van der Waals surface area contributed by atoms with Gasteiger partial charge < -0.3 is 15.5 Å². The highest BCUT2D eigenvalue weighted by Gasteiger charge is 2.43. The van der Waals surface area contributed by atoms with Crippen LogP contribution in [0.15, 0.2) is 0 Å². The number of rotatable bonds is 1. The first-order valence-corrected chi connectivity index (χ1v) is 6.70. The largest absolute Gasteiger partial charge is 0.393 e. The smallest absolute Gasteiger partial charge is 0.341 e. The van der Waals surface area contributed by atoms with E-state index in [9.17, 15) is 18.0 Å². The van der Waals surface area contributed by atoms with Crippen LogP contribution >= 0.6 is 0 Å². The van der Waals surface area contributed by atoms with Gasteiger partial charge in [-0.3, -0.25) is 4.79 Å². The number of carbonyl (C=O) groups is 1. The van der Waals surface area contributed by atoms with Crippen molar-refractivity contribution in [2.24, 2.45) is 5.92 Å². The molecule has 0 saturated carbocycles. The van der Waals surface area contributed by atoms with E-state index in [1.54, 1.807) is 0 Å². The summed E-state index contributed by atoms with van der Waals surface area (Å²) in [7, 11) is 0. The maximum atomic E-state index is 12.7. The van der Waals surface area contributed by atoms with Crippen LogP contribution in [0.5, 0.6) is 0 Å². The number of hydrogen-bond acceptors (Lipinski definition) is 3. The fourth-order valence-electron chi connectivity index (χ4n) is 2.62. The Hall–Kier alpha value is -0.820. The molecule has 0 radical (unpaired) electrons. The molecule has 0 spiro atoms. The molecule has 0 bridgehead atoms. The van der Waals surface area contributed by atoms with Gasteiger partial charge in [-0.25, -0.2) is 0 Å².